The van der Waals surface area contributed by atoms with Crippen molar-refractivity contribution in [3.8, 4) is 17.6 Å². The molecule has 3 heteroatoms. The average Bonchev–Trinajstić information content (AvgIpc) is 2.64. The van der Waals surface area contributed by atoms with E-state index < -0.39 is 11.6 Å². The summed E-state index contributed by atoms with van der Waals surface area (Å²) >= 11 is 0. The van der Waals surface area contributed by atoms with Crippen molar-refractivity contribution in [2.24, 2.45) is 0 Å². The summed E-state index contributed by atoms with van der Waals surface area (Å²) in [5.41, 5.74) is 2.09. The van der Waals surface area contributed by atoms with Crippen LogP contribution in [0, 0.1) is 23.5 Å². The van der Waals surface area contributed by atoms with Crippen molar-refractivity contribution in [3.63, 3.8) is 0 Å². The molecule has 0 aliphatic rings. The molecule has 0 unspecified atom stereocenters. The van der Waals surface area contributed by atoms with Crippen LogP contribution in [0.5, 0.6) is 5.75 Å². The predicted molar refractivity (Wildman–Crippen MR) is 97.8 cm³/mol. The Balaban J connectivity index is 1.98. The Hall–Kier alpha value is -2.34. The molecule has 0 radical (unpaired) electrons. The molecule has 0 aliphatic heterocycles. The lowest BCUT2D eigenvalue weighted by Crippen LogP contribution is -1.95. The van der Waals surface area contributed by atoms with Crippen LogP contribution >= 0.6 is 0 Å². The second kappa shape index (κ2) is 9.84. The highest BCUT2D eigenvalue weighted by Gasteiger charge is 2.12. The van der Waals surface area contributed by atoms with E-state index in [9.17, 15) is 8.78 Å². The monoisotopic (exact) mass is 342 g/mol. The molecule has 0 aromatic heterocycles. The lowest BCUT2D eigenvalue weighted by Gasteiger charge is -2.03. The van der Waals surface area contributed by atoms with Gasteiger partial charge < -0.3 is 4.74 Å². The van der Waals surface area contributed by atoms with Crippen molar-refractivity contribution in [2.75, 3.05) is 7.11 Å². The Morgan fingerprint density at radius 3 is 2.24 bits per heavy atom. The summed E-state index contributed by atoms with van der Waals surface area (Å²) in [7, 11) is 1.30. The van der Waals surface area contributed by atoms with E-state index in [0.29, 0.717) is 0 Å². The number of unbranched alkanes of at least 4 members (excludes halogenated alkanes) is 4. The normalized spacial score (nSPS) is 10.2. The van der Waals surface area contributed by atoms with Crippen LogP contribution in [0.2, 0.25) is 0 Å². The highest BCUT2D eigenvalue weighted by molar-refractivity contribution is 5.46. The second-order valence-electron chi connectivity index (χ2n) is 6.05. The van der Waals surface area contributed by atoms with Crippen LogP contribution < -0.4 is 4.74 Å². The van der Waals surface area contributed by atoms with E-state index in [1.165, 1.54) is 56.9 Å². The first-order valence-corrected chi connectivity index (χ1v) is 8.78. The minimum atomic E-state index is -1.01. The van der Waals surface area contributed by atoms with Gasteiger partial charge in [-0.15, -0.1) is 0 Å². The molecule has 0 saturated carbocycles. The standard InChI is InChI=1S/C22H24F2O/c1-3-4-5-6-7-8-17-9-11-18(12-10-17)13-14-19-15-16-20(25-2)22(24)21(19)23/h9-12,15-16H,3-8H2,1-2H3. The Labute approximate surface area is 149 Å². The van der Waals surface area contributed by atoms with Crippen molar-refractivity contribution >= 4 is 0 Å². The summed E-state index contributed by atoms with van der Waals surface area (Å²) < 4.78 is 32.3. The first-order valence-electron chi connectivity index (χ1n) is 8.78. The largest absolute Gasteiger partial charge is 0.494 e. The van der Waals surface area contributed by atoms with Gasteiger partial charge in [0.1, 0.15) is 0 Å². The summed E-state index contributed by atoms with van der Waals surface area (Å²) in [6.07, 6.45) is 7.38. The molecule has 0 N–H and O–H groups in total. The van der Waals surface area contributed by atoms with Gasteiger partial charge >= 0.3 is 0 Å². The van der Waals surface area contributed by atoms with Crippen molar-refractivity contribution in [1.29, 1.82) is 0 Å². The highest BCUT2D eigenvalue weighted by Crippen LogP contribution is 2.21. The molecule has 2 rings (SSSR count). The topological polar surface area (TPSA) is 9.23 Å². The number of rotatable bonds is 7. The van der Waals surface area contributed by atoms with Crippen LogP contribution in [0.15, 0.2) is 36.4 Å². The molecule has 0 amide bonds. The van der Waals surface area contributed by atoms with E-state index >= 15 is 0 Å². The molecule has 0 aliphatic carbocycles. The minimum absolute atomic E-state index is 0.0262. The first kappa shape index (κ1) is 19.0. The zero-order valence-electron chi connectivity index (χ0n) is 14.9. The van der Waals surface area contributed by atoms with Crippen molar-refractivity contribution in [3.05, 3.63) is 64.7 Å². The van der Waals surface area contributed by atoms with Crippen LogP contribution in [-0.2, 0) is 6.42 Å². The predicted octanol–water partition coefficient (Wildman–Crippen LogP) is 5.89. The van der Waals surface area contributed by atoms with Gasteiger partial charge in [0.15, 0.2) is 11.6 Å². The molecule has 132 valence electrons. The lowest BCUT2D eigenvalue weighted by molar-refractivity contribution is 0.371. The molecular formula is C22H24F2O. The lowest BCUT2D eigenvalue weighted by atomic mass is 10.0. The Bertz CT molecular complexity index is 739. The Kier molecular flexibility index (Phi) is 7.47. The number of methoxy groups -OCH3 is 1. The van der Waals surface area contributed by atoms with E-state index in [0.717, 1.165) is 12.0 Å². The molecule has 1 nitrogen and oxygen atoms in total. The van der Waals surface area contributed by atoms with E-state index in [2.05, 4.69) is 30.9 Å². The molecule has 0 heterocycles. The molecule has 0 spiro atoms. The summed E-state index contributed by atoms with van der Waals surface area (Å²) in [6.45, 7) is 2.21. The van der Waals surface area contributed by atoms with Crippen molar-refractivity contribution in [1.82, 2.24) is 0 Å². The molecule has 0 fully saturated rings. The van der Waals surface area contributed by atoms with E-state index in [1.54, 1.807) is 0 Å². The zero-order valence-corrected chi connectivity index (χ0v) is 14.9. The van der Waals surface area contributed by atoms with Gasteiger partial charge in [0.2, 0.25) is 5.82 Å². The van der Waals surface area contributed by atoms with Crippen LogP contribution in [-0.4, -0.2) is 7.11 Å². The molecule has 2 aromatic carbocycles. The maximum Gasteiger partial charge on any atom is 0.201 e. The molecule has 0 atom stereocenters. The van der Waals surface area contributed by atoms with Gasteiger partial charge in [-0.3, -0.25) is 0 Å². The number of benzene rings is 2. The summed E-state index contributed by atoms with van der Waals surface area (Å²) in [4.78, 5) is 0. The smallest absolute Gasteiger partial charge is 0.201 e. The van der Waals surface area contributed by atoms with Crippen LogP contribution in [0.1, 0.15) is 55.7 Å². The molecular weight excluding hydrogens is 318 g/mol. The van der Waals surface area contributed by atoms with Crippen LogP contribution in [0.25, 0.3) is 0 Å². The maximum absolute atomic E-state index is 13.9. The van der Waals surface area contributed by atoms with Gasteiger partial charge in [0, 0.05) is 5.56 Å². The van der Waals surface area contributed by atoms with Gasteiger partial charge in [0.05, 0.1) is 12.7 Å². The number of ether oxygens (including phenoxy) is 1. The van der Waals surface area contributed by atoms with Gasteiger partial charge in [0.25, 0.3) is 0 Å². The number of hydrogen-bond donors (Lipinski definition) is 0. The molecule has 25 heavy (non-hydrogen) atoms. The third-order valence-electron chi connectivity index (χ3n) is 4.13. The Morgan fingerprint density at radius 1 is 0.840 bits per heavy atom. The number of hydrogen-bond acceptors (Lipinski definition) is 1. The van der Waals surface area contributed by atoms with Gasteiger partial charge in [-0.2, -0.15) is 4.39 Å². The molecule has 0 saturated heterocycles. The fourth-order valence-corrected chi connectivity index (χ4v) is 2.61. The fraction of sp³-hybridized carbons (Fsp3) is 0.364. The number of halogens is 2. The van der Waals surface area contributed by atoms with E-state index in [4.69, 9.17) is 4.74 Å². The SMILES string of the molecule is CCCCCCCc1ccc(C#Cc2ccc(OC)c(F)c2F)cc1. The zero-order chi connectivity index (χ0) is 18.1. The van der Waals surface area contributed by atoms with E-state index in [1.807, 2.05) is 12.1 Å². The van der Waals surface area contributed by atoms with Crippen LogP contribution in [0.3, 0.4) is 0 Å². The van der Waals surface area contributed by atoms with E-state index in [-0.39, 0.29) is 11.3 Å². The molecule has 0 bridgehead atoms. The van der Waals surface area contributed by atoms with Crippen LogP contribution in [0.4, 0.5) is 8.78 Å². The first-order chi connectivity index (χ1) is 12.2. The quantitative estimate of drug-likeness (QED) is 0.450. The number of aryl methyl sites for hydroxylation is 1. The second-order valence-corrected chi connectivity index (χ2v) is 6.05. The summed E-state index contributed by atoms with van der Waals surface area (Å²) in [6, 6.07) is 10.8. The minimum Gasteiger partial charge on any atom is -0.494 e. The third kappa shape index (κ3) is 5.60. The van der Waals surface area contributed by atoms with Crippen molar-refractivity contribution in [2.45, 2.75) is 45.4 Å². The fourth-order valence-electron chi connectivity index (χ4n) is 2.61. The molecule has 2 aromatic rings. The van der Waals surface area contributed by atoms with Crippen molar-refractivity contribution < 1.29 is 13.5 Å². The Morgan fingerprint density at radius 2 is 1.56 bits per heavy atom. The highest BCUT2D eigenvalue weighted by atomic mass is 19.2. The van der Waals surface area contributed by atoms with Gasteiger partial charge in [-0.1, -0.05) is 56.6 Å². The van der Waals surface area contributed by atoms with Gasteiger partial charge in [-0.25, -0.2) is 4.39 Å². The van der Waals surface area contributed by atoms with Gasteiger partial charge in [-0.05, 0) is 42.7 Å². The summed E-state index contributed by atoms with van der Waals surface area (Å²) in [5.74, 6) is 3.46. The summed E-state index contributed by atoms with van der Waals surface area (Å²) in [5, 5.41) is 0. The third-order valence-corrected chi connectivity index (χ3v) is 4.13. The average molecular weight is 342 g/mol. The maximum atomic E-state index is 13.9.